The van der Waals surface area contributed by atoms with Crippen molar-refractivity contribution in [2.24, 2.45) is 0 Å². The Labute approximate surface area is 174 Å². The van der Waals surface area contributed by atoms with E-state index in [0.717, 1.165) is 27.1 Å². The fraction of sp³-hybridized carbons (Fsp3) is 0.261. The number of hydrogen-bond acceptors (Lipinski definition) is 5. The Balaban J connectivity index is 1.55. The van der Waals surface area contributed by atoms with Gasteiger partial charge in [0.15, 0.2) is 12.4 Å². The number of likely N-dealkylation sites (N-methyl/N-ethyl adjacent to an activating group) is 1. The van der Waals surface area contributed by atoms with E-state index in [1.165, 1.54) is 11.8 Å². The molecule has 3 aromatic rings. The maximum absolute atomic E-state index is 12.8. The van der Waals surface area contributed by atoms with E-state index in [1.54, 1.807) is 23.1 Å². The molecule has 29 heavy (non-hydrogen) atoms. The number of nitrogens with zero attached hydrogens (tertiary/aromatic N) is 2. The number of rotatable bonds is 5. The van der Waals surface area contributed by atoms with Gasteiger partial charge in [0.25, 0.3) is 5.91 Å². The molecule has 0 saturated heterocycles. The predicted molar refractivity (Wildman–Crippen MR) is 116 cm³/mol. The maximum atomic E-state index is 12.8. The second kappa shape index (κ2) is 7.87. The summed E-state index contributed by atoms with van der Waals surface area (Å²) in [5.41, 5.74) is 4.48. The molecule has 1 amide bonds. The lowest BCUT2D eigenvalue weighted by Gasteiger charge is -2.28. The summed E-state index contributed by atoms with van der Waals surface area (Å²) in [5.74, 6) is 0.822. The molecule has 1 aromatic heterocycles. The molecule has 0 fully saturated rings. The molecular weight excluding hydrogens is 384 g/mol. The van der Waals surface area contributed by atoms with Gasteiger partial charge in [0.2, 0.25) is 0 Å². The average Bonchev–Trinajstić information content (AvgIpc) is 2.72. The van der Waals surface area contributed by atoms with Crippen LogP contribution in [-0.4, -0.2) is 35.6 Å². The zero-order valence-electron chi connectivity index (χ0n) is 16.7. The number of carbonyl (C=O) groups is 2. The number of ether oxygens (including phenoxy) is 1. The molecule has 5 nitrogen and oxygen atoms in total. The number of hydrogen-bond donors (Lipinski definition) is 0. The number of benzene rings is 2. The van der Waals surface area contributed by atoms with E-state index in [9.17, 15) is 9.59 Å². The largest absolute Gasteiger partial charge is 0.482 e. The highest BCUT2D eigenvalue weighted by molar-refractivity contribution is 7.99. The van der Waals surface area contributed by atoms with E-state index < -0.39 is 0 Å². The molecule has 6 heteroatoms. The highest BCUT2D eigenvalue weighted by Crippen LogP contribution is 2.33. The molecule has 0 N–H and O–H groups in total. The van der Waals surface area contributed by atoms with Crippen molar-refractivity contribution in [3.05, 3.63) is 59.2 Å². The molecule has 2 heterocycles. The smallest absolute Gasteiger partial charge is 0.265 e. The van der Waals surface area contributed by atoms with E-state index in [4.69, 9.17) is 9.72 Å². The third-order valence-electron chi connectivity index (χ3n) is 5.12. The summed E-state index contributed by atoms with van der Waals surface area (Å²) in [6.07, 6.45) is 0. The zero-order valence-corrected chi connectivity index (χ0v) is 17.5. The first kappa shape index (κ1) is 19.5. The van der Waals surface area contributed by atoms with Crippen molar-refractivity contribution in [2.45, 2.75) is 25.8 Å². The van der Waals surface area contributed by atoms with Crippen LogP contribution >= 0.6 is 11.8 Å². The highest BCUT2D eigenvalue weighted by atomic mass is 32.2. The first-order valence-corrected chi connectivity index (χ1v) is 10.6. The lowest BCUT2D eigenvalue weighted by Crippen LogP contribution is -2.38. The summed E-state index contributed by atoms with van der Waals surface area (Å²) in [7, 11) is 0. The van der Waals surface area contributed by atoms with Gasteiger partial charge in [-0.05, 0) is 56.2 Å². The second-order valence-corrected chi connectivity index (χ2v) is 8.07. The van der Waals surface area contributed by atoms with Gasteiger partial charge in [-0.2, -0.15) is 0 Å². The third kappa shape index (κ3) is 3.72. The van der Waals surface area contributed by atoms with Crippen LogP contribution in [0.2, 0.25) is 0 Å². The van der Waals surface area contributed by atoms with Gasteiger partial charge in [-0.25, -0.2) is 4.98 Å². The fourth-order valence-electron chi connectivity index (χ4n) is 3.55. The number of amides is 1. The molecule has 0 bridgehead atoms. The van der Waals surface area contributed by atoms with Crippen molar-refractivity contribution < 1.29 is 14.3 Å². The zero-order chi connectivity index (χ0) is 20.5. The molecule has 1 aliphatic heterocycles. The Kier molecular flexibility index (Phi) is 5.28. The lowest BCUT2D eigenvalue weighted by molar-refractivity contribution is -0.121. The molecule has 0 radical (unpaired) electrons. The summed E-state index contributed by atoms with van der Waals surface area (Å²) in [6, 6.07) is 13.5. The number of thioether (sulfide) groups is 1. The number of fused-ring (bicyclic) bond motifs is 2. The lowest BCUT2D eigenvalue weighted by atomic mass is 10.1. The van der Waals surface area contributed by atoms with E-state index in [2.05, 4.69) is 13.0 Å². The van der Waals surface area contributed by atoms with Crippen LogP contribution in [-0.2, 0) is 4.79 Å². The van der Waals surface area contributed by atoms with Crippen LogP contribution in [0.25, 0.3) is 10.9 Å². The average molecular weight is 407 g/mol. The number of aryl methyl sites for hydroxylation is 2. The Hall–Kier alpha value is -2.86. The normalized spacial score (nSPS) is 13.3. The van der Waals surface area contributed by atoms with E-state index in [-0.39, 0.29) is 24.1 Å². The fourth-order valence-corrected chi connectivity index (χ4v) is 4.41. The van der Waals surface area contributed by atoms with Gasteiger partial charge in [-0.15, -0.1) is 0 Å². The van der Waals surface area contributed by atoms with Crippen LogP contribution in [0.15, 0.2) is 47.5 Å². The quantitative estimate of drug-likeness (QED) is 0.459. The molecule has 0 spiro atoms. The third-order valence-corrected chi connectivity index (χ3v) is 6.03. The monoisotopic (exact) mass is 406 g/mol. The second-order valence-electron chi connectivity index (χ2n) is 7.07. The summed E-state index contributed by atoms with van der Waals surface area (Å²) in [4.78, 5) is 31.3. The number of aromatic nitrogens is 1. The van der Waals surface area contributed by atoms with Crippen LogP contribution in [0.5, 0.6) is 5.75 Å². The number of Topliss-reactive ketones (excluding diaryl/α,β-unsaturated/α-hetero) is 1. The summed E-state index contributed by atoms with van der Waals surface area (Å²) >= 11 is 1.43. The molecule has 148 valence electrons. The van der Waals surface area contributed by atoms with Gasteiger partial charge in [-0.3, -0.25) is 9.59 Å². The standard InChI is InChI=1S/C23H22N2O3S/c1-4-25-18-11-16(8-9-20(18)28-12-22(25)27)19(26)13-29-21-10-15(3)17-7-5-6-14(2)23(17)24-21/h5-11H,4,12-13H2,1-3H3. The minimum atomic E-state index is -0.0924. The van der Waals surface area contributed by atoms with Crippen molar-refractivity contribution in [1.29, 1.82) is 0 Å². The van der Waals surface area contributed by atoms with Crippen LogP contribution < -0.4 is 9.64 Å². The molecule has 0 unspecified atom stereocenters. The Morgan fingerprint density at radius 1 is 1.17 bits per heavy atom. The predicted octanol–water partition coefficient (Wildman–Crippen LogP) is 4.57. The van der Waals surface area contributed by atoms with Crippen molar-refractivity contribution in [3.8, 4) is 5.75 Å². The van der Waals surface area contributed by atoms with E-state index in [1.807, 2.05) is 32.0 Å². The highest BCUT2D eigenvalue weighted by Gasteiger charge is 2.25. The van der Waals surface area contributed by atoms with Gasteiger partial charge in [0.05, 0.1) is 22.0 Å². The van der Waals surface area contributed by atoms with Crippen LogP contribution in [0.4, 0.5) is 5.69 Å². The minimum absolute atomic E-state index is 0.00351. The number of ketones is 1. The van der Waals surface area contributed by atoms with Crippen molar-refractivity contribution in [2.75, 3.05) is 23.8 Å². The molecule has 0 aliphatic carbocycles. The van der Waals surface area contributed by atoms with E-state index in [0.29, 0.717) is 23.5 Å². The first-order chi connectivity index (χ1) is 14.0. The van der Waals surface area contributed by atoms with Crippen LogP contribution in [0, 0.1) is 13.8 Å². The summed E-state index contributed by atoms with van der Waals surface area (Å²) < 4.78 is 5.48. The van der Waals surface area contributed by atoms with E-state index >= 15 is 0 Å². The summed E-state index contributed by atoms with van der Waals surface area (Å²) in [6.45, 7) is 6.60. The topological polar surface area (TPSA) is 59.5 Å². The molecule has 0 atom stereocenters. The Bertz CT molecular complexity index is 1130. The maximum Gasteiger partial charge on any atom is 0.265 e. The number of carbonyl (C=O) groups excluding carboxylic acids is 2. The van der Waals surface area contributed by atoms with Crippen molar-refractivity contribution in [3.63, 3.8) is 0 Å². The number of anilines is 1. The SMILES string of the molecule is CCN1C(=O)COc2ccc(C(=O)CSc3cc(C)c4cccc(C)c4n3)cc21. The van der Waals surface area contributed by atoms with Gasteiger partial charge < -0.3 is 9.64 Å². The molecule has 0 saturated carbocycles. The van der Waals surface area contributed by atoms with Crippen molar-refractivity contribution in [1.82, 2.24) is 4.98 Å². The molecule has 2 aromatic carbocycles. The van der Waals surface area contributed by atoms with Crippen LogP contribution in [0.3, 0.4) is 0 Å². The molecule has 1 aliphatic rings. The Morgan fingerprint density at radius 3 is 2.79 bits per heavy atom. The first-order valence-electron chi connectivity index (χ1n) is 9.58. The minimum Gasteiger partial charge on any atom is -0.482 e. The van der Waals surface area contributed by atoms with Crippen molar-refractivity contribution >= 4 is 40.0 Å². The number of pyridine rings is 1. The van der Waals surface area contributed by atoms with Gasteiger partial charge in [0, 0.05) is 17.5 Å². The van der Waals surface area contributed by atoms with Crippen LogP contribution in [0.1, 0.15) is 28.4 Å². The van der Waals surface area contributed by atoms with Gasteiger partial charge >= 0.3 is 0 Å². The summed E-state index contributed by atoms with van der Waals surface area (Å²) in [5, 5.41) is 1.98. The molecular formula is C23H22N2O3S. The number of para-hydroxylation sites is 1. The van der Waals surface area contributed by atoms with Gasteiger partial charge in [-0.1, -0.05) is 30.0 Å². The Morgan fingerprint density at radius 2 is 2.00 bits per heavy atom. The molecule has 4 rings (SSSR count). The van der Waals surface area contributed by atoms with Gasteiger partial charge in [0.1, 0.15) is 5.75 Å².